The van der Waals surface area contributed by atoms with Crippen LogP contribution < -0.4 is 0 Å². The first-order valence-corrected chi connectivity index (χ1v) is 11.6. The topological polar surface area (TPSA) is 21.7 Å². The molecule has 0 bridgehead atoms. The van der Waals surface area contributed by atoms with E-state index < -0.39 is 5.54 Å². The smallest absolute Gasteiger partial charge is 0.170 e. The van der Waals surface area contributed by atoms with Crippen LogP contribution in [0.15, 0.2) is 121 Å². The zero-order valence-electron chi connectivity index (χ0n) is 18.7. The second-order valence-corrected chi connectivity index (χ2v) is 8.35. The summed E-state index contributed by atoms with van der Waals surface area (Å²) >= 11 is 0. The van der Waals surface area contributed by atoms with Crippen LogP contribution in [0.3, 0.4) is 0 Å². The lowest BCUT2D eigenvalue weighted by Crippen LogP contribution is -2.55. The van der Waals surface area contributed by atoms with Crippen molar-refractivity contribution in [2.75, 3.05) is 19.7 Å². The van der Waals surface area contributed by atoms with Crippen LogP contribution in [-0.4, -0.2) is 30.9 Å². The predicted molar refractivity (Wildman–Crippen MR) is 132 cm³/mol. The van der Waals surface area contributed by atoms with Crippen LogP contribution in [0.25, 0.3) is 0 Å². The minimum Gasteiger partial charge on any atom is -0.350 e. The molecule has 0 N–H and O–H groups in total. The highest BCUT2D eigenvalue weighted by Crippen LogP contribution is 2.43. The lowest BCUT2D eigenvalue weighted by atomic mass is 9.75. The summed E-state index contributed by atoms with van der Waals surface area (Å²) in [5.41, 5.74) is 4.43. The van der Waals surface area contributed by atoms with E-state index in [0.717, 1.165) is 12.1 Å². The number of hydrogen-bond donors (Lipinski definition) is 0. The third-order valence-electron chi connectivity index (χ3n) is 6.36. The van der Waals surface area contributed by atoms with Gasteiger partial charge in [-0.15, -0.1) is 0 Å². The molecule has 0 amide bonds. The highest BCUT2D eigenvalue weighted by Gasteiger charge is 2.44. The first-order valence-electron chi connectivity index (χ1n) is 11.6. The zero-order valence-corrected chi connectivity index (χ0v) is 18.7. The molecule has 0 aromatic heterocycles. The Morgan fingerprint density at radius 2 is 1.12 bits per heavy atom. The summed E-state index contributed by atoms with van der Waals surface area (Å²) < 4.78 is 12.3. The van der Waals surface area contributed by atoms with E-state index in [0.29, 0.717) is 19.8 Å². The van der Waals surface area contributed by atoms with Crippen molar-refractivity contribution in [1.29, 1.82) is 0 Å². The van der Waals surface area contributed by atoms with Gasteiger partial charge in [0.25, 0.3) is 0 Å². The van der Waals surface area contributed by atoms with Gasteiger partial charge in [0.1, 0.15) is 0 Å². The maximum absolute atomic E-state index is 6.24. The van der Waals surface area contributed by atoms with Gasteiger partial charge in [-0.3, -0.25) is 4.90 Å². The van der Waals surface area contributed by atoms with Gasteiger partial charge in [0.2, 0.25) is 0 Å². The third-order valence-corrected chi connectivity index (χ3v) is 6.36. The van der Waals surface area contributed by atoms with Crippen molar-refractivity contribution >= 4 is 0 Å². The maximum Gasteiger partial charge on any atom is 0.170 e. The van der Waals surface area contributed by atoms with Gasteiger partial charge in [0.05, 0.1) is 25.3 Å². The zero-order chi connectivity index (χ0) is 22.3. The number of benzene rings is 4. The minimum absolute atomic E-state index is 0.297. The summed E-state index contributed by atoms with van der Waals surface area (Å²) in [4.78, 5) is 2.52. The molecule has 0 spiro atoms. The fourth-order valence-corrected chi connectivity index (χ4v) is 4.87. The molecule has 1 fully saturated rings. The van der Waals surface area contributed by atoms with E-state index in [2.05, 4.69) is 108 Å². The molecule has 0 radical (unpaired) electrons. The van der Waals surface area contributed by atoms with Crippen LogP contribution in [0.5, 0.6) is 0 Å². The summed E-state index contributed by atoms with van der Waals surface area (Å²) in [7, 11) is 0. The van der Waals surface area contributed by atoms with Gasteiger partial charge in [-0.25, -0.2) is 0 Å². The van der Waals surface area contributed by atoms with Gasteiger partial charge in [-0.05, 0) is 22.3 Å². The highest BCUT2D eigenvalue weighted by molar-refractivity contribution is 5.49. The Kier molecular flexibility index (Phi) is 6.63. The van der Waals surface area contributed by atoms with Crippen LogP contribution in [0.1, 0.15) is 22.3 Å². The Morgan fingerprint density at radius 1 is 0.667 bits per heavy atom. The summed E-state index contributed by atoms with van der Waals surface area (Å²) in [6, 6.07) is 42.6. The predicted octanol–water partition coefficient (Wildman–Crippen LogP) is 5.85. The van der Waals surface area contributed by atoms with Crippen molar-refractivity contribution in [2.45, 2.75) is 18.4 Å². The average Bonchev–Trinajstić information content (AvgIpc) is 2.91. The minimum atomic E-state index is -0.443. The normalized spacial score (nSPS) is 17.0. The molecule has 1 heterocycles. The Morgan fingerprint density at radius 3 is 1.61 bits per heavy atom. The third kappa shape index (κ3) is 4.49. The Bertz CT molecular complexity index is 1020. The van der Waals surface area contributed by atoms with Crippen LogP contribution in [0, 0.1) is 0 Å². The van der Waals surface area contributed by atoms with Crippen molar-refractivity contribution < 1.29 is 9.47 Å². The Labute approximate surface area is 196 Å². The second-order valence-electron chi connectivity index (χ2n) is 8.35. The monoisotopic (exact) mass is 435 g/mol. The van der Waals surface area contributed by atoms with Crippen LogP contribution in [0.2, 0.25) is 0 Å². The summed E-state index contributed by atoms with van der Waals surface area (Å²) in [5.74, 6) is 0. The number of morpholine rings is 1. The van der Waals surface area contributed by atoms with E-state index in [9.17, 15) is 0 Å². The molecule has 0 aliphatic carbocycles. The van der Waals surface area contributed by atoms with Gasteiger partial charge in [0, 0.05) is 6.54 Å². The molecule has 4 aromatic carbocycles. The van der Waals surface area contributed by atoms with E-state index in [4.69, 9.17) is 9.47 Å². The van der Waals surface area contributed by atoms with Gasteiger partial charge in [-0.2, -0.15) is 0 Å². The number of nitrogens with zero attached hydrogens (tertiary/aromatic N) is 1. The largest absolute Gasteiger partial charge is 0.350 e. The lowest BCUT2D eigenvalue weighted by Gasteiger charge is -2.48. The molecule has 1 atom stereocenters. The quantitative estimate of drug-likeness (QED) is 0.340. The summed E-state index contributed by atoms with van der Waals surface area (Å²) in [6.07, 6.45) is -0.297. The van der Waals surface area contributed by atoms with Crippen LogP contribution in [-0.2, 0) is 21.6 Å². The Balaban J connectivity index is 1.55. The fourth-order valence-electron chi connectivity index (χ4n) is 4.87. The molecule has 5 rings (SSSR count). The van der Waals surface area contributed by atoms with Gasteiger partial charge in [-0.1, -0.05) is 121 Å². The number of ether oxygens (including phenoxy) is 2. The second kappa shape index (κ2) is 10.1. The standard InChI is InChI=1S/C30H29NO2/c1-5-13-25(14-6-1)24-33-29-23-31(21-22-32-29)30(26-15-7-2-8-16-26,27-17-9-3-10-18-27)28-19-11-4-12-20-28/h1-20,29H,21-24H2. The van der Waals surface area contributed by atoms with Crippen molar-refractivity contribution in [3.05, 3.63) is 144 Å². The van der Waals surface area contributed by atoms with E-state index in [-0.39, 0.29) is 6.29 Å². The van der Waals surface area contributed by atoms with E-state index in [1.165, 1.54) is 16.7 Å². The van der Waals surface area contributed by atoms with E-state index in [1.54, 1.807) is 0 Å². The Hall–Kier alpha value is -3.24. The van der Waals surface area contributed by atoms with Crippen molar-refractivity contribution in [3.8, 4) is 0 Å². The molecule has 4 aromatic rings. The first-order chi connectivity index (χ1) is 16.4. The molecule has 1 unspecified atom stereocenters. The molecule has 3 heteroatoms. The molecular formula is C30H29NO2. The molecule has 3 nitrogen and oxygen atoms in total. The molecule has 1 saturated heterocycles. The van der Waals surface area contributed by atoms with Crippen molar-refractivity contribution in [2.24, 2.45) is 0 Å². The van der Waals surface area contributed by atoms with Gasteiger partial charge >= 0.3 is 0 Å². The molecule has 166 valence electrons. The maximum atomic E-state index is 6.24. The first kappa shape index (κ1) is 21.6. The van der Waals surface area contributed by atoms with Crippen molar-refractivity contribution in [3.63, 3.8) is 0 Å². The SMILES string of the molecule is c1ccc(COC2CN(C(c3ccccc3)(c3ccccc3)c3ccccc3)CCO2)cc1. The lowest BCUT2D eigenvalue weighted by molar-refractivity contribution is -0.194. The average molecular weight is 436 g/mol. The van der Waals surface area contributed by atoms with Crippen LogP contribution in [0.4, 0.5) is 0 Å². The molecule has 33 heavy (non-hydrogen) atoms. The van der Waals surface area contributed by atoms with E-state index in [1.807, 2.05) is 18.2 Å². The molecule has 1 aliphatic heterocycles. The van der Waals surface area contributed by atoms with Gasteiger partial charge < -0.3 is 9.47 Å². The summed E-state index contributed by atoms with van der Waals surface area (Å²) in [6.45, 7) is 2.64. The summed E-state index contributed by atoms with van der Waals surface area (Å²) in [5, 5.41) is 0. The van der Waals surface area contributed by atoms with Gasteiger partial charge in [0.15, 0.2) is 6.29 Å². The van der Waals surface area contributed by atoms with E-state index >= 15 is 0 Å². The highest BCUT2D eigenvalue weighted by atomic mass is 16.7. The molecular weight excluding hydrogens is 406 g/mol. The molecule has 0 saturated carbocycles. The number of hydrogen-bond acceptors (Lipinski definition) is 3. The van der Waals surface area contributed by atoms with Crippen molar-refractivity contribution in [1.82, 2.24) is 4.90 Å². The van der Waals surface area contributed by atoms with Crippen LogP contribution >= 0.6 is 0 Å². The molecule has 1 aliphatic rings. The number of rotatable bonds is 7. The fraction of sp³-hybridized carbons (Fsp3) is 0.200.